The number of hydrogen-bond donors (Lipinski definition) is 1. The summed E-state index contributed by atoms with van der Waals surface area (Å²) in [4.78, 5) is 29.5. The first kappa shape index (κ1) is 25.2. The Balaban J connectivity index is 1.85. The molecule has 0 aliphatic carbocycles. The minimum atomic E-state index is -1.13. The lowest BCUT2D eigenvalue weighted by atomic mass is 9.83. The maximum atomic E-state index is 13.3. The highest BCUT2D eigenvalue weighted by molar-refractivity contribution is 5.85. The van der Waals surface area contributed by atoms with Gasteiger partial charge in [-0.05, 0) is 74.9 Å². The van der Waals surface area contributed by atoms with E-state index in [1.54, 1.807) is 0 Å². The van der Waals surface area contributed by atoms with E-state index in [-0.39, 0.29) is 6.03 Å². The van der Waals surface area contributed by atoms with Crippen LogP contribution in [0.2, 0.25) is 0 Å². The van der Waals surface area contributed by atoms with Crippen molar-refractivity contribution in [2.45, 2.75) is 66.3 Å². The Kier molecular flexibility index (Phi) is 6.93. The number of nitrogens with zero attached hydrogens (tertiary/aromatic N) is 2. The van der Waals surface area contributed by atoms with Crippen molar-refractivity contribution in [3.05, 3.63) is 57.6 Å². The van der Waals surface area contributed by atoms with Gasteiger partial charge >= 0.3 is 12.0 Å². The van der Waals surface area contributed by atoms with Crippen LogP contribution in [0.5, 0.6) is 0 Å². The van der Waals surface area contributed by atoms with Crippen molar-refractivity contribution in [2.24, 2.45) is 0 Å². The molecule has 2 aromatic rings. The SMILES string of the molecule is Cc1ccc(-c2c(C)c3c(c(C)c2[C@H](OC(C)(C)C)C(=O)O)CN(C(=O)N2CCOCC2)C3)cc1. The largest absolute Gasteiger partial charge is 0.479 e. The second kappa shape index (κ2) is 9.63. The van der Waals surface area contributed by atoms with Crippen LogP contribution in [0.15, 0.2) is 24.3 Å². The number of urea groups is 1. The molecule has 0 saturated carbocycles. The highest BCUT2D eigenvalue weighted by Crippen LogP contribution is 2.43. The number of fused-ring (bicyclic) bond motifs is 1. The van der Waals surface area contributed by atoms with E-state index in [0.717, 1.165) is 38.9 Å². The van der Waals surface area contributed by atoms with E-state index in [9.17, 15) is 14.7 Å². The summed E-state index contributed by atoms with van der Waals surface area (Å²) >= 11 is 0. The van der Waals surface area contributed by atoms with E-state index >= 15 is 0 Å². The van der Waals surface area contributed by atoms with Gasteiger partial charge in [-0.1, -0.05) is 29.8 Å². The molecular formula is C28H36N2O5. The normalized spacial score (nSPS) is 16.9. The number of carbonyl (C=O) groups excluding carboxylic acids is 1. The van der Waals surface area contributed by atoms with Crippen LogP contribution >= 0.6 is 0 Å². The van der Waals surface area contributed by atoms with Gasteiger partial charge in [0.2, 0.25) is 0 Å². The first-order valence-electron chi connectivity index (χ1n) is 12.2. The number of amides is 2. The number of rotatable bonds is 4. The van der Waals surface area contributed by atoms with Crippen molar-refractivity contribution >= 4 is 12.0 Å². The van der Waals surface area contributed by atoms with Crippen LogP contribution in [0.3, 0.4) is 0 Å². The molecule has 4 rings (SSSR count). The molecule has 35 heavy (non-hydrogen) atoms. The molecule has 1 atom stereocenters. The number of aliphatic carboxylic acids is 1. The van der Waals surface area contributed by atoms with Crippen LogP contribution in [0, 0.1) is 20.8 Å². The zero-order chi connectivity index (χ0) is 25.5. The summed E-state index contributed by atoms with van der Waals surface area (Å²) in [5, 5.41) is 10.3. The Morgan fingerprint density at radius 1 is 0.943 bits per heavy atom. The molecule has 188 valence electrons. The molecule has 0 spiro atoms. The molecule has 2 aromatic carbocycles. The topological polar surface area (TPSA) is 79.3 Å². The number of carboxylic acids is 1. The van der Waals surface area contributed by atoms with Gasteiger partial charge in [-0.25, -0.2) is 9.59 Å². The highest BCUT2D eigenvalue weighted by Gasteiger charge is 2.37. The van der Waals surface area contributed by atoms with E-state index in [0.29, 0.717) is 45.0 Å². The van der Waals surface area contributed by atoms with Gasteiger partial charge in [-0.2, -0.15) is 0 Å². The number of hydrogen-bond acceptors (Lipinski definition) is 4. The zero-order valence-corrected chi connectivity index (χ0v) is 21.6. The molecule has 1 saturated heterocycles. The molecule has 0 radical (unpaired) electrons. The number of morpholine rings is 1. The van der Waals surface area contributed by atoms with Gasteiger partial charge in [-0.3, -0.25) is 0 Å². The van der Waals surface area contributed by atoms with Crippen molar-refractivity contribution < 1.29 is 24.2 Å². The lowest BCUT2D eigenvalue weighted by Gasteiger charge is -2.30. The summed E-state index contributed by atoms with van der Waals surface area (Å²) in [6.45, 7) is 14.9. The number of carbonyl (C=O) groups is 2. The Labute approximate surface area is 207 Å². The minimum absolute atomic E-state index is 0.00228. The summed E-state index contributed by atoms with van der Waals surface area (Å²) in [6, 6.07) is 8.15. The fourth-order valence-electron chi connectivity index (χ4n) is 5.12. The van der Waals surface area contributed by atoms with Crippen LogP contribution in [-0.2, 0) is 27.4 Å². The molecule has 2 aliphatic rings. The molecule has 2 aliphatic heterocycles. The lowest BCUT2D eigenvalue weighted by molar-refractivity contribution is -0.160. The third-order valence-corrected chi connectivity index (χ3v) is 6.87. The average molecular weight is 481 g/mol. The quantitative estimate of drug-likeness (QED) is 0.667. The zero-order valence-electron chi connectivity index (χ0n) is 21.6. The fourth-order valence-corrected chi connectivity index (χ4v) is 5.12. The smallest absolute Gasteiger partial charge is 0.337 e. The first-order chi connectivity index (χ1) is 16.5. The van der Waals surface area contributed by atoms with Crippen molar-refractivity contribution in [1.29, 1.82) is 0 Å². The lowest BCUT2D eigenvalue weighted by Crippen LogP contribution is -2.46. The predicted molar refractivity (Wildman–Crippen MR) is 134 cm³/mol. The highest BCUT2D eigenvalue weighted by atomic mass is 16.5. The second-order valence-electron chi connectivity index (χ2n) is 10.5. The molecule has 0 bridgehead atoms. The van der Waals surface area contributed by atoms with Crippen molar-refractivity contribution in [1.82, 2.24) is 9.80 Å². The Morgan fingerprint density at radius 2 is 1.51 bits per heavy atom. The second-order valence-corrected chi connectivity index (χ2v) is 10.5. The molecule has 7 heteroatoms. The number of ether oxygens (including phenoxy) is 2. The molecule has 1 fully saturated rings. The number of benzene rings is 2. The third kappa shape index (κ3) is 5.07. The van der Waals surface area contributed by atoms with E-state index < -0.39 is 17.7 Å². The third-order valence-electron chi connectivity index (χ3n) is 6.87. The van der Waals surface area contributed by atoms with Crippen molar-refractivity contribution in [2.75, 3.05) is 26.3 Å². The molecule has 0 unspecified atom stereocenters. The van der Waals surface area contributed by atoms with Crippen LogP contribution < -0.4 is 0 Å². The molecule has 2 amide bonds. The average Bonchev–Trinajstić information content (AvgIpc) is 3.26. The Morgan fingerprint density at radius 3 is 2.06 bits per heavy atom. The van der Waals surface area contributed by atoms with Crippen LogP contribution in [-0.4, -0.2) is 58.8 Å². The molecule has 0 aromatic heterocycles. The van der Waals surface area contributed by atoms with Gasteiger partial charge in [0.15, 0.2) is 6.10 Å². The van der Waals surface area contributed by atoms with E-state index in [1.807, 2.05) is 75.6 Å². The monoisotopic (exact) mass is 480 g/mol. The van der Waals surface area contributed by atoms with Gasteiger partial charge in [0, 0.05) is 31.7 Å². The fraction of sp³-hybridized carbons (Fsp3) is 0.500. The maximum Gasteiger partial charge on any atom is 0.337 e. The van der Waals surface area contributed by atoms with Gasteiger partial charge in [0.1, 0.15) is 0 Å². The van der Waals surface area contributed by atoms with E-state index in [4.69, 9.17) is 9.47 Å². The van der Waals surface area contributed by atoms with E-state index in [2.05, 4.69) is 0 Å². The Hall–Kier alpha value is -2.90. The van der Waals surface area contributed by atoms with Gasteiger partial charge in [-0.15, -0.1) is 0 Å². The van der Waals surface area contributed by atoms with Crippen LogP contribution in [0.25, 0.3) is 11.1 Å². The summed E-state index contributed by atoms with van der Waals surface area (Å²) in [5.41, 5.74) is 7.02. The van der Waals surface area contributed by atoms with Crippen LogP contribution in [0.1, 0.15) is 60.3 Å². The number of carboxylic acid groups (broad SMARTS) is 1. The molecule has 7 nitrogen and oxygen atoms in total. The number of aryl methyl sites for hydroxylation is 1. The molecular weight excluding hydrogens is 444 g/mol. The molecule has 1 N–H and O–H groups in total. The van der Waals surface area contributed by atoms with Crippen molar-refractivity contribution in [3.8, 4) is 11.1 Å². The molecule has 2 heterocycles. The summed E-state index contributed by atoms with van der Waals surface area (Å²) in [6.07, 6.45) is -1.13. The van der Waals surface area contributed by atoms with Crippen molar-refractivity contribution in [3.63, 3.8) is 0 Å². The standard InChI is InChI=1S/C28H36N2O5/c1-17-7-9-20(10-8-17)23-18(2)21-15-30(27(33)29-11-13-34-14-12-29)16-22(21)19(3)24(23)25(26(31)32)35-28(4,5)6/h7-10,25H,11-16H2,1-6H3,(H,31,32)/t25-/m0/s1. The van der Waals surface area contributed by atoms with E-state index in [1.165, 1.54) is 0 Å². The summed E-state index contributed by atoms with van der Waals surface area (Å²) < 4.78 is 11.5. The Bertz CT molecular complexity index is 1130. The first-order valence-corrected chi connectivity index (χ1v) is 12.2. The van der Waals surface area contributed by atoms with Gasteiger partial charge < -0.3 is 24.4 Å². The minimum Gasteiger partial charge on any atom is -0.479 e. The predicted octanol–water partition coefficient (Wildman–Crippen LogP) is 4.99. The van der Waals surface area contributed by atoms with Gasteiger partial charge in [0.05, 0.1) is 18.8 Å². The maximum absolute atomic E-state index is 13.3. The van der Waals surface area contributed by atoms with Crippen LogP contribution in [0.4, 0.5) is 4.79 Å². The summed E-state index contributed by atoms with van der Waals surface area (Å²) in [5.74, 6) is -1.02. The summed E-state index contributed by atoms with van der Waals surface area (Å²) in [7, 11) is 0. The van der Waals surface area contributed by atoms with Gasteiger partial charge in [0.25, 0.3) is 0 Å².